The number of esters is 1. The van der Waals surface area contributed by atoms with Gasteiger partial charge in [0.1, 0.15) is 17.6 Å². The first-order chi connectivity index (χ1) is 13.9. The molecule has 0 amide bonds. The molecule has 1 aromatic heterocycles. The Bertz CT molecular complexity index is 1310. The molecule has 0 aliphatic carbocycles. The van der Waals surface area contributed by atoms with Gasteiger partial charge < -0.3 is 9.15 Å². The second-order valence-corrected chi connectivity index (χ2v) is 8.14. The number of ether oxygens (including phenoxy) is 1. The Morgan fingerprint density at radius 1 is 0.966 bits per heavy atom. The van der Waals surface area contributed by atoms with Gasteiger partial charge in [0.15, 0.2) is 0 Å². The van der Waals surface area contributed by atoms with Crippen LogP contribution in [0, 0.1) is 3.57 Å². The van der Waals surface area contributed by atoms with Crippen LogP contribution in [0.2, 0.25) is 10.0 Å². The molecule has 0 aliphatic heterocycles. The molecular formula is C22H11Cl2IO4. The van der Waals surface area contributed by atoms with Crippen LogP contribution in [0.15, 0.2) is 76.1 Å². The monoisotopic (exact) mass is 536 g/mol. The zero-order chi connectivity index (χ0) is 20.5. The largest absolute Gasteiger partial charge is 0.463 e. The summed E-state index contributed by atoms with van der Waals surface area (Å²) in [5.41, 5.74) is 1.37. The minimum atomic E-state index is -0.485. The molecule has 4 aromatic rings. The molecule has 4 rings (SSSR count). The fourth-order valence-corrected chi connectivity index (χ4v) is 3.97. The zero-order valence-electron chi connectivity index (χ0n) is 14.6. The highest BCUT2D eigenvalue weighted by Crippen LogP contribution is 2.30. The number of fused-ring (bicyclic) bond motifs is 1. The summed E-state index contributed by atoms with van der Waals surface area (Å²) in [5.74, 6) is -0.205. The third-order valence-corrected chi connectivity index (χ3v) is 5.76. The average Bonchev–Trinajstić information content (AvgIpc) is 2.69. The lowest BCUT2D eigenvalue weighted by atomic mass is 10.1. The Morgan fingerprint density at radius 3 is 2.52 bits per heavy atom. The molecule has 0 saturated carbocycles. The normalized spacial score (nSPS) is 10.9. The van der Waals surface area contributed by atoms with Crippen molar-refractivity contribution in [3.05, 3.63) is 96.3 Å². The molecule has 1 heterocycles. The molecule has 0 atom stereocenters. The molecular weight excluding hydrogens is 526 g/mol. The highest BCUT2D eigenvalue weighted by Gasteiger charge is 2.15. The van der Waals surface area contributed by atoms with E-state index in [0.717, 1.165) is 3.57 Å². The molecule has 0 unspecified atom stereocenters. The van der Waals surface area contributed by atoms with Gasteiger partial charge in [-0.2, -0.15) is 0 Å². The maximum atomic E-state index is 12.9. The van der Waals surface area contributed by atoms with Gasteiger partial charge in [0.25, 0.3) is 0 Å². The van der Waals surface area contributed by atoms with Gasteiger partial charge in [-0.1, -0.05) is 41.4 Å². The van der Waals surface area contributed by atoms with E-state index in [1.807, 2.05) is 12.1 Å². The van der Waals surface area contributed by atoms with Crippen molar-refractivity contribution >= 4 is 62.7 Å². The van der Waals surface area contributed by atoms with Gasteiger partial charge in [-0.05, 0) is 59.0 Å². The van der Waals surface area contributed by atoms with E-state index in [0.29, 0.717) is 37.7 Å². The van der Waals surface area contributed by atoms with Crippen molar-refractivity contribution in [2.24, 2.45) is 0 Å². The number of carbonyl (C=O) groups excluding carboxylic acids is 1. The Balaban J connectivity index is 1.70. The number of hydrogen-bond donors (Lipinski definition) is 0. The van der Waals surface area contributed by atoms with Crippen molar-refractivity contribution < 1.29 is 13.9 Å². The van der Waals surface area contributed by atoms with Gasteiger partial charge in [-0.25, -0.2) is 4.79 Å². The molecule has 0 aliphatic rings. The van der Waals surface area contributed by atoms with E-state index in [-0.39, 0.29) is 11.2 Å². The number of rotatable bonds is 3. The first-order valence-corrected chi connectivity index (χ1v) is 10.3. The highest BCUT2D eigenvalue weighted by atomic mass is 127. The molecule has 4 nitrogen and oxygen atoms in total. The van der Waals surface area contributed by atoms with E-state index in [2.05, 4.69) is 22.6 Å². The molecule has 0 bridgehead atoms. The molecule has 0 radical (unpaired) electrons. The molecule has 7 heteroatoms. The van der Waals surface area contributed by atoms with E-state index < -0.39 is 5.97 Å². The Labute approximate surface area is 189 Å². The molecule has 3 aromatic carbocycles. The summed E-state index contributed by atoms with van der Waals surface area (Å²) in [7, 11) is 0. The first-order valence-electron chi connectivity index (χ1n) is 8.42. The number of benzene rings is 3. The Kier molecular flexibility index (Phi) is 5.63. The summed E-state index contributed by atoms with van der Waals surface area (Å²) in [6.07, 6.45) is 1.34. The summed E-state index contributed by atoms with van der Waals surface area (Å²) < 4.78 is 11.8. The fraction of sp³-hybridized carbons (Fsp3) is 0. The predicted molar refractivity (Wildman–Crippen MR) is 122 cm³/mol. The lowest BCUT2D eigenvalue weighted by Gasteiger charge is -2.08. The lowest BCUT2D eigenvalue weighted by molar-refractivity contribution is 0.0734. The van der Waals surface area contributed by atoms with Gasteiger partial charge in [-0.3, -0.25) is 4.79 Å². The summed E-state index contributed by atoms with van der Waals surface area (Å²) in [5, 5.41) is 1.18. The van der Waals surface area contributed by atoms with Crippen molar-refractivity contribution in [1.29, 1.82) is 0 Å². The van der Waals surface area contributed by atoms with Crippen LogP contribution in [0.1, 0.15) is 10.4 Å². The van der Waals surface area contributed by atoms with E-state index in [4.69, 9.17) is 32.4 Å². The van der Waals surface area contributed by atoms with Crippen molar-refractivity contribution in [1.82, 2.24) is 0 Å². The third kappa shape index (κ3) is 4.03. The first kappa shape index (κ1) is 19.9. The van der Waals surface area contributed by atoms with Crippen LogP contribution in [0.25, 0.3) is 22.1 Å². The van der Waals surface area contributed by atoms with Crippen molar-refractivity contribution in [3.63, 3.8) is 0 Å². The van der Waals surface area contributed by atoms with Gasteiger partial charge in [-0.15, -0.1) is 0 Å². The molecule has 0 fully saturated rings. The van der Waals surface area contributed by atoms with Crippen molar-refractivity contribution in [2.45, 2.75) is 0 Å². The minimum absolute atomic E-state index is 0.244. The second-order valence-electron chi connectivity index (χ2n) is 6.13. The van der Waals surface area contributed by atoms with Crippen LogP contribution in [-0.2, 0) is 0 Å². The molecule has 144 valence electrons. The number of hydrogen-bond acceptors (Lipinski definition) is 4. The molecule has 0 spiro atoms. The lowest BCUT2D eigenvalue weighted by Crippen LogP contribution is -2.10. The van der Waals surface area contributed by atoms with Crippen LogP contribution >= 0.6 is 45.8 Å². The van der Waals surface area contributed by atoms with Crippen LogP contribution in [-0.4, -0.2) is 5.97 Å². The maximum absolute atomic E-state index is 12.9. The Morgan fingerprint density at radius 2 is 1.76 bits per heavy atom. The van der Waals surface area contributed by atoms with Crippen LogP contribution in [0.3, 0.4) is 0 Å². The van der Waals surface area contributed by atoms with Crippen molar-refractivity contribution in [2.75, 3.05) is 0 Å². The van der Waals surface area contributed by atoms with Crippen LogP contribution in [0.4, 0.5) is 0 Å². The quantitative estimate of drug-likeness (QED) is 0.168. The maximum Gasteiger partial charge on any atom is 0.344 e. The van der Waals surface area contributed by atoms with Gasteiger partial charge in [0.2, 0.25) is 5.43 Å². The second kappa shape index (κ2) is 8.18. The SMILES string of the molecule is O=C(Oc1ccc2c(=O)c(-c3ccc(Cl)cc3Cl)coc2c1)c1ccccc1I. The summed E-state index contributed by atoms with van der Waals surface area (Å²) in [6, 6.07) is 16.6. The third-order valence-electron chi connectivity index (χ3n) is 4.27. The summed E-state index contributed by atoms with van der Waals surface area (Å²) in [6.45, 7) is 0. The van der Waals surface area contributed by atoms with E-state index >= 15 is 0 Å². The molecule has 29 heavy (non-hydrogen) atoms. The van der Waals surface area contributed by atoms with Gasteiger partial charge in [0, 0.05) is 20.2 Å². The van der Waals surface area contributed by atoms with E-state index in [1.165, 1.54) is 12.3 Å². The van der Waals surface area contributed by atoms with Gasteiger partial charge in [0.05, 0.1) is 21.5 Å². The number of carbonyl (C=O) groups is 1. The smallest absolute Gasteiger partial charge is 0.344 e. The van der Waals surface area contributed by atoms with Gasteiger partial charge >= 0.3 is 5.97 Å². The average molecular weight is 537 g/mol. The molecule has 0 saturated heterocycles. The standard InChI is InChI=1S/C22H11Cl2IO4/c23-12-5-7-14(18(24)9-12)17-11-28-20-10-13(6-8-16(20)21(17)26)29-22(27)15-3-1-2-4-19(15)25/h1-11H. The van der Waals surface area contributed by atoms with E-state index in [9.17, 15) is 9.59 Å². The van der Waals surface area contributed by atoms with Crippen molar-refractivity contribution in [3.8, 4) is 16.9 Å². The highest BCUT2D eigenvalue weighted by molar-refractivity contribution is 14.1. The van der Waals surface area contributed by atoms with Crippen LogP contribution < -0.4 is 10.2 Å². The molecule has 0 N–H and O–H groups in total. The Hall–Kier alpha value is -2.35. The fourth-order valence-electron chi connectivity index (χ4n) is 2.85. The summed E-state index contributed by atoms with van der Waals surface area (Å²) >= 11 is 14.2. The topological polar surface area (TPSA) is 56.5 Å². The number of halogens is 3. The zero-order valence-corrected chi connectivity index (χ0v) is 18.3. The minimum Gasteiger partial charge on any atom is -0.463 e. The predicted octanol–water partition coefficient (Wildman–Crippen LogP) is 6.59. The van der Waals surface area contributed by atoms with Crippen LogP contribution in [0.5, 0.6) is 5.75 Å². The summed E-state index contributed by atoms with van der Waals surface area (Å²) in [4.78, 5) is 25.3. The van der Waals surface area contributed by atoms with E-state index in [1.54, 1.807) is 42.5 Å².